The van der Waals surface area contributed by atoms with Crippen molar-refractivity contribution in [3.63, 3.8) is 0 Å². The van der Waals surface area contributed by atoms with E-state index in [0.717, 1.165) is 51.4 Å². The van der Waals surface area contributed by atoms with Crippen LogP contribution in [0.1, 0.15) is 95.1 Å². The second-order valence-corrected chi connectivity index (χ2v) is 9.89. The van der Waals surface area contributed by atoms with Gasteiger partial charge in [-0.25, -0.2) is 4.39 Å². The van der Waals surface area contributed by atoms with Gasteiger partial charge in [-0.15, -0.1) is 0 Å². The summed E-state index contributed by atoms with van der Waals surface area (Å²) < 4.78 is 13.8. The first-order valence-electron chi connectivity index (χ1n) is 12.1. The van der Waals surface area contributed by atoms with Crippen LogP contribution in [0.2, 0.25) is 5.02 Å². The van der Waals surface area contributed by atoms with Gasteiger partial charge < -0.3 is 9.80 Å². The summed E-state index contributed by atoms with van der Waals surface area (Å²) in [5.41, 5.74) is 0.557. The molecule has 2 amide bonds. The SMILES string of the molecule is O=C1[C@@H](c2ccc(F)cc2Cl)N(C2CCCCCCC2)C(=O)CN1C1CCCCCC1. The Morgan fingerprint density at radius 1 is 0.806 bits per heavy atom. The minimum absolute atomic E-state index is 0.0137. The molecule has 4 nitrogen and oxygen atoms in total. The average molecular weight is 449 g/mol. The third-order valence-corrected chi connectivity index (χ3v) is 7.71. The zero-order chi connectivity index (χ0) is 21.8. The van der Waals surface area contributed by atoms with Gasteiger partial charge in [0.25, 0.3) is 5.91 Å². The second-order valence-electron chi connectivity index (χ2n) is 9.48. The van der Waals surface area contributed by atoms with Crippen molar-refractivity contribution >= 4 is 23.4 Å². The summed E-state index contributed by atoms with van der Waals surface area (Å²) in [6.45, 7) is 0.162. The molecule has 1 aromatic carbocycles. The van der Waals surface area contributed by atoms with Gasteiger partial charge in [-0.1, -0.05) is 75.5 Å². The van der Waals surface area contributed by atoms with Crippen molar-refractivity contribution in [1.82, 2.24) is 9.80 Å². The Labute approximate surface area is 190 Å². The minimum Gasteiger partial charge on any atom is -0.328 e. The molecule has 0 N–H and O–H groups in total. The molecule has 2 aliphatic carbocycles. The quantitative estimate of drug-likeness (QED) is 0.530. The molecular weight excluding hydrogens is 415 g/mol. The number of carbonyl (C=O) groups is 2. The molecule has 1 atom stereocenters. The first-order valence-corrected chi connectivity index (χ1v) is 12.5. The zero-order valence-electron chi connectivity index (χ0n) is 18.3. The lowest BCUT2D eigenvalue weighted by Crippen LogP contribution is -2.60. The van der Waals surface area contributed by atoms with Crippen molar-refractivity contribution in [1.29, 1.82) is 0 Å². The minimum atomic E-state index is -0.748. The van der Waals surface area contributed by atoms with Crippen LogP contribution in [0.3, 0.4) is 0 Å². The summed E-state index contributed by atoms with van der Waals surface area (Å²) in [5.74, 6) is -0.455. The molecular formula is C25H34ClFN2O2. The van der Waals surface area contributed by atoms with Crippen LogP contribution in [0.25, 0.3) is 0 Å². The summed E-state index contributed by atoms with van der Waals surface area (Å²) in [5, 5.41) is 0.227. The largest absolute Gasteiger partial charge is 0.328 e. The molecule has 0 unspecified atom stereocenters. The molecule has 0 aromatic heterocycles. The van der Waals surface area contributed by atoms with E-state index in [9.17, 15) is 14.0 Å². The third kappa shape index (κ3) is 5.08. The summed E-state index contributed by atoms with van der Waals surface area (Å²) in [4.78, 5) is 31.1. The summed E-state index contributed by atoms with van der Waals surface area (Å²) in [6, 6.07) is 3.61. The predicted molar refractivity (Wildman–Crippen MR) is 120 cm³/mol. The van der Waals surface area contributed by atoms with Gasteiger partial charge in [0.2, 0.25) is 5.91 Å². The van der Waals surface area contributed by atoms with E-state index in [2.05, 4.69) is 0 Å². The van der Waals surface area contributed by atoms with E-state index in [-0.39, 0.29) is 35.5 Å². The van der Waals surface area contributed by atoms with Gasteiger partial charge in [-0.2, -0.15) is 0 Å². The van der Waals surface area contributed by atoms with E-state index in [1.807, 2.05) is 9.80 Å². The van der Waals surface area contributed by atoms with Crippen LogP contribution in [0.4, 0.5) is 4.39 Å². The number of nitrogens with zero attached hydrogens (tertiary/aromatic N) is 2. The van der Waals surface area contributed by atoms with E-state index in [1.54, 1.807) is 6.07 Å². The van der Waals surface area contributed by atoms with Crippen molar-refractivity contribution in [3.8, 4) is 0 Å². The number of piperazine rings is 1. The summed E-state index contributed by atoms with van der Waals surface area (Å²) in [6.07, 6.45) is 14.0. The molecule has 6 heteroatoms. The number of halogens is 2. The topological polar surface area (TPSA) is 40.6 Å². The van der Waals surface area contributed by atoms with Crippen LogP contribution in [-0.4, -0.2) is 40.2 Å². The standard InChI is InChI=1S/C25H34ClFN2O2/c26-22-16-18(27)14-15-21(22)24-25(31)28(19-10-6-4-5-7-11-19)17-23(30)29(24)20-12-8-2-1-3-9-13-20/h14-16,19-20,24H,1-13,17H2/t24-/m1/s1. The molecule has 0 radical (unpaired) electrons. The highest BCUT2D eigenvalue weighted by Crippen LogP contribution is 2.38. The molecule has 2 saturated carbocycles. The lowest BCUT2D eigenvalue weighted by molar-refractivity contribution is -0.162. The number of carbonyl (C=O) groups excluding carboxylic acids is 2. The Hall–Kier alpha value is -1.62. The van der Waals surface area contributed by atoms with Gasteiger partial charge in [0.15, 0.2) is 0 Å². The van der Waals surface area contributed by atoms with Crippen LogP contribution >= 0.6 is 11.6 Å². The van der Waals surface area contributed by atoms with Crippen molar-refractivity contribution in [2.24, 2.45) is 0 Å². The molecule has 3 fully saturated rings. The highest BCUT2D eigenvalue weighted by Gasteiger charge is 2.45. The Balaban J connectivity index is 1.69. The summed E-state index contributed by atoms with van der Waals surface area (Å²) >= 11 is 6.45. The number of amides is 2. The van der Waals surface area contributed by atoms with Crippen LogP contribution in [0.15, 0.2) is 18.2 Å². The second kappa shape index (κ2) is 10.3. The van der Waals surface area contributed by atoms with E-state index >= 15 is 0 Å². The van der Waals surface area contributed by atoms with Gasteiger partial charge in [0.1, 0.15) is 18.4 Å². The smallest absolute Gasteiger partial charge is 0.250 e. The summed E-state index contributed by atoms with van der Waals surface area (Å²) in [7, 11) is 0. The van der Waals surface area contributed by atoms with E-state index in [0.29, 0.717) is 5.56 Å². The molecule has 1 heterocycles. The van der Waals surface area contributed by atoms with Gasteiger partial charge in [0.05, 0.1) is 0 Å². The number of rotatable bonds is 3. The molecule has 1 saturated heterocycles. The van der Waals surface area contributed by atoms with Crippen molar-refractivity contribution in [2.75, 3.05) is 6.54 Å². The monoisotopic (exact) mass is 448 g/mol. The average Bonchev–Trinajstić information content (AvgIpc) is 3.00. The predicted octanol–water partition coefficient (Wildman–Crippen LogP) is 6.03. The number of hydrogen-bond acceptors (Lipinski definition) is 2. The Morgan fingerprint density at radius 2 is 1.35 bits per heavy atom. The van der Waals surface area contributed by atoms with Crippen molar-refractivity contribution < 1.29 is 14.0 Å². The fourth-order valence-corrected chi connectivity index (χ4v) is 6.01. The first kappa shape index (κ1) is 22.6. The fraction of sp³-hybridized carbons (Fsp3) is 0.680. The highest BCUT2D eigenvalue weighted by atomic mass is 35.5. The molecule has 0 spiro atoms. The van der Waals surface area contributed by atoms with Crippen molar-refractivity contribution in [3.05, 3.63) is 34.6 Å². The van der Waals surface area contributed by atoms with Gasteiger partial charge >= 0.3 is 0 Å². The van der Waals surface area contributed by atoms with E-state index < -0.39 is 11.9 Å². The van der Waals surface area contributed by atoms with E-state index in [4.69, 9.17) is 11.6 Å². The fourth-order valence-electron chi connectivity index (χ4n) is 5.74. The Kier molecular flexibility index (Phi) is 7.52. The van der Waals surface area contributed by atoms with E-state index in [1.165, 1.54) is 44.2 Å². The lowest BCUT2D eigenvalue weighted by atomic mass is 9.90. The maximum Gasteiger partial charge on any atom is 0.250 e. The normalized spacial score (nSPS) is 25.3. The Morgan fingerprint density at radius 3 is 1.94 bits per heavy atom. The molecule has 0 bridgehead atoms. The van der Waals surface area contributed by atoms with Gasteiger partial charge in [-0.3, -0.25) is 9.59 Å². The van der Waals surface area contributed by atoms with Crippen LogP contribution in [0.5, 0.6) is 0 Å². The molecule has 170 valence electrons. The highest BCUT2D eigenvalue weighted by molar-refractivity contribution is 6.31. The van der Waals surface area contributed by atoms with Crippen LogP contribution in [0, 0.1) is 5.82 Å². The lowest BCUT2D eigenvalue weighted by Gasteiger charge is -2.47. The zero-order valence-corrected chi connectivity index (χ0v) is 19.1. The maximum atomic E-state index is 13.9. The van der Waals surface area contributed by atoms with Crippen LogP contribution < -0.4 is 0 Å². The van der Waals surface area contributed by atoms with Gasteiger partial charge in [0, 0.05) is 22.7 Å². The Bertz CT molecular complexity index is 786. The molecule has 4 rings (SSSR count). The number of benzene rings is 1. The maximum absolute atomic E-state index is 13.9. The van der Waals surface area contributed by atoms with Gasteiger partial charge in [-0.05, 0) is 37.8 Å². The van der Waals surface area contributed by atoms with Crippen molar-refractivity contribution in [2.45, 2.75) is 102 Å². The third-order valence-electron chi connectivity index (χ3n) is 7.38. The molecule has 31 heavy (non-hydrogen) atoms. The molecule has 3 aliphatic rings. The molecule has 1 aliphatic heterocycles. The van der Waals surface area contributed by atoms with Crippen LogP contribution in [-0.2, 0) is 9.59 Å². The first-order chi connectivity index (χ1) is 15.1. The molecule has 1 aromatic rings. The number of hydrogen-bond donors (Lipinski definition) is 0.